The maximum atomic E-state index is 10.8. The molecule has 3 unspecified atom stereocenters. The Morgan fingerprint density at radius 3 is 2.94 bits per heavy atom. The van der Waals surface area contributed by atoms with Crippen molar-refractivity contribution in [3.63, 3.8) is 0 Å². The van der Waals surface area contributed by atoms with Crippen LogP contribution in [0.5, 0.6) is 0 Å². The minimum atomic E-state index is -1.22. The lowest BCUT2D eigenvalue weighted by Crippen LogP contribution is -2.47. The zero-order chi connectivity index (χ0) is 12.2. The maximum Gasteiger partial charge on any atom is 0.323 e. The molecular weight excluding hydrogens is 210 g/mol. The Hall–Kier alpha value is -0.650. The molecule has 94 valence electrons. The van der Waals surface area contributed by atoms with E-state index < -0.39 is 11.5 Å². The smallest absolute Gasteiger partial charge is 0.323 e. The van der Waals surface area contributed by atoms with Gasteiger partial charge in [-0.25, -0.2) is 0 Å². The summed E-state index contributed by atoms with van der Waals surface area (Å²) in [7, 11) is 0. The number of hydrogen-bond acceptors (Lipinski definition) is 4. The summed E-state index contributed by atoms with van der Waals surface area (Å²) >= 11 is 0. The summed E-state index contributed by atoms with van der Waals surface area (Å²) < 4.78 is 10.8. The predicted molar refractivity (Wildman–Crippen MR) is 59.2 cm³/mol. The minimum absolute atomic E-state index is 0.147. The fraction of sp³-hybridized carbons (Fsp3) is 0.909. The van der Waals surface area contributed by atoms with Crippen molar-refractivity contribution < 1.29 is 19.4 Å². The molecule has 0 aliphatic carbocycles. The van der Waals surface area contributed by atoms with Crippen molar-refractivity contribution in [1.29, 1.82) is 0 Å². The summed E-state index contributed by atoms with van der Waals surface area (Å²) in [4.78, 5) is 10.8. The standard InChI is InChI=1S/C11H21NO4/c1-8(5-11(2,12)10(13)14)16-7-9-3-4-15-6-9/h8-9H,3-7,12H2,1-2H3,(H,13,14). The average molecular weight is 231 g/mol. The molecule has 1 aliphatic heterocycles. The molecule has 3 N–H and O–H groups in total. The molecule has 1 heterocycles. The highest BCUT2D eigenvalue weighted by Gasteiger charge is 2.30. The highest BCUT2D eigenvalue weighted by Crippen LogP contribution is 2.16. The molecule has 0 aromatic heterocycles. The summed E-state index contributed by atoms with van der Waals surface area (Å²) in [6, 6.07) is 0. The van der Waals surface area contributed by atoms with Gasteiger partial charge < -0.3 is 20.3 Å². The first-order chi connectivity index (χ1) is 7.42. The van der Waals surface area contributed by atoms with E-state index in [0.29, 0.717) is 18.9 Å². The van der Waals surface area contributed by atoms with Gasteiger partial charge in [-0.3, -0.25) is 4.79 Å². The highest BCUT2D eigenvalue weighted by atomic mass is 16.5. The molecule has 5 nitrogen and oxygen atoms in total. The van der Waals surface area contributed by atoms with Crippen LogP contribution in [0, 0.1) is 5.92 Å². The monoisotopic (exact) mass is 231 g/mol. The summed E-state index contributed by atoms with van der Waals surface area (Å²) in [5.74, 6) is -0.552. The van der Waals surface area contributed by atoms with Crippen LogP contribution < -0.4 is 5.73 Å². The molecule has 0 radical (unpaired) electrons. The summed E-state index contributed by atoms with van der Waals surface area (Å²) in [6.45, 7) is 5.52. The Balaban J connectivity index is 2.24. The van der Waals surface area contributed by atoms with Crippen molar-refractivity contribution in [3.05, 3.63) is 0 Å². The number of aliphatic carboxylic acids is 1. The average Bonchev–Trinajstić information content (AvgIpc) is 2.66. The van der Waals surface area contributed by atoms with Gasteiger partial charge in [0.05, 0.1) is 19.3 Å². The van der Waals surface area contributed by atoms with Crippen molar-refractivity contribution in [3.8, 4) is 0 Å². The van der Waals surface area contributed by atoms with Crippen LogP contribution in [-0.2, 0) is 14.3 Å². The van der Waals surface area contributed by atoms with Gasteiger partial charge in [0.15, 0.2) is 0 Å². The first kappa shape index (κ1) is 13.4. The Morgan fingerprint density at radius 1 is 1.75 bits per heavy atom. The second-order valence-electron chi connectivity index (χ2n) is 4.80. The van der Waals surface area contributed by atoms with E-state index >= 15 is 0 Å². The van der Waals surface area contributed by atoms with E-state index in [1.807, 2.05) is 6.92 Å². The molecule has 0 spiro atoms. The van der Waals surface area contributed by atoms with Gasteiger partial charge >= 0.3 is 5.97 Å². The normalized spacial score (nSPS) is 26.3. The van der Waals surface area contributed by atoms with E-state index in [4.69, 9.17) is 20.3 Å². The minimum Gasteiger partial charge on any atom is -0.480 e. The number of carboxylic acids is 1. The Morgan fingerprint density at radius 2 is 2.44 bits per heavy atom. The molecule has 5 heteroatoms. The van der Waals surface area contributed by atoms with Gasteiger partial charge in [-0.1, -0.05) is 0 Å². The van der Waals surface area contributed by atoms with Crippen molar-refractivity contribution in [1.82, 2.24) is 0 Å². The van der Waals surface area contributed by atoms with Crippen LogP contribution in [0.25, 0.3) is 0 Å². The molecule has 3 atom stereocenters. The van der Waals surface area contributed by atoms with E-state index in [1.165, 1.54) is 6.92 Å². The third kappa shape index (κ3) is 4.08. The molecule has 0 amide bonds. The highest BCUT2D eigenvalue weighted by molar-refractivity contribution is 5.77. The van der Waals surface area contributed by atoms with Crippen LogP contribution >= 0.6 is 0 Å². The molecule has 1 aliphatic rings. The number of carboxylic acid groups (broad SMARTS) is 1. The lowest BCUT2D eigenvalue weighted by atomic mass is 9.96. The second kappa shape index (κ2) is 5.61. The van der Waals surface area contributed by atoms with Crippen molar-refractivity contribution in [2.24, 2.45) is 11.7 Å². The van der Waals surface area contributed by atoms with E-state index in [1.54, 1.807) is 0 Å². The molecule has 0 aromatic rings. The number of rotatable bonds is 6. The zero-order valence-corrected chi connectivity index (χ0v) is 9.94. The van der Waals surface area contributed by atoms with E-state index in [9.17, 15) is 4.79 Å². The fourth-order valence-corrected chi connectivity index (χ4v) is 1.76. The van der Waals surface area contributed by atoms with Gasteiger partial charge in [0.25, 0.3) is 0 Å². The van der Waals surface area contributed by atoms with Crippen LogP contribution in [0.15, 0.2) is 0 Å². The predicted octanol–water partition coefficient (Wildman–Crippen LogP) is 0.620. The summed E-state index contributed by atoms with van der Waals surface area (Å²) in [6.07, 6.45) is 1.19. The maximum absolute atomic E-state index is 10.8. The number of ether oxygens (including phenoxy) is 2. The summed E-state index contributed by atoms with van der Waals surface area (Å²) in [5, 5.41) is 8.87. The first-order valence-electron chi connectivity index (χ1n) is 5.63. The molecular formula is C11H21NO4. The molecule has 16 heavy (non-hydrogen) atoms. The Bertz CT molecular complexity index is 236. The molecule has 0 saturated carbocycles. The number of nitrogens with two attached hydrogens (primary N) is 1. The van der Waals surface area contributed by atoms with Gasteiger partial charge in [0, 0.05) is 18.9 Å². The quantitative estimate of drug-likeness (QED) is 0.700. The van der Waals surface area contributed by atoms with Gasteiger partial charge in [-0.05, 0) is 20.3 Å². The van der Waals surface area contributed by atoms with Crippen molar-refractivity contribution >= 4 is 5.97 Å². The molecule has 1 rings (SSSR count). The molecule has 1 saturated heterocycles. The van der Waals surface area contributed by atoms with E-state index in [0.717, 1.165) is 19.6 Å². The van der Waals surface area contributed by atoms with Crippen LogP contribution in [0.2, 0.25) is 0 Å². The first-order valence-corrected chi connectivity index (χ1v) is 5.63. The van der Waals surface area contributed by atoms with E-state index in [2.05, 4.69) is 0 Å². The van der Waals surface area contributed by atoms with Crippen molar-refractivity contribution in [2.75, 3.05) is 19.8 Å². The summed E-state index contributed by atoms with van der Waals surface area (Å²) in [5.41, 5.74) is 4.42. The van der Waals surface area contributed by atoms with Crippen LogP contribution in [0.4, 0.5) is 0 Å². The number of carbonyl (C=O) groups is 1. The SMILES string of the molecule is CC(CC(C)(N)C(=O)O)OCC1CCOC1. The Kier molecular flexibility index (Phi) is 4.70. The lowest BCUT2D eigenvalue weighted by molar-refractivity contribution is -0.144. The largest absolute Gasteiger partial charge is 0.480 e. The van der Waals surface area contributed by atoms with E-state index in [-0.39, 0.29) is 6.10 Å². The molecule has 1 fully saturated rings. The van der Waals surface area contributed by atoms with Crippen LogP contribution in [-0.4, -0.2) is 42.5 Å². The van der Waals surface area contributed by atoms with Gasteiger partial charge in [0.1, 0.15) is 5.54 Å². The molecule has 0 bridgehead atoms. The van der Waals surface area contributed by atoms with Gasteiger partial charge in [-0.2, -0.15) is 0 Å². The molecule has 0 aromatic carbocycles. The third-order valence-corrected chi connectivity index (χ3v) is 2.84. The van der Waals surface area contributed by atoms with Gasteiger partial charge in [-0.15, -0.1) is 0 Å². The topological polar surface area (TPSA) is 81.8 Å². The number of hydrogen-bond donors (Lipinski definition) is 2. The van der Waals surface area contributed by atoms with Crippen LogP contribution in [0.3, 0.4) is 0 Å². The Labute approximate surface area is 95.9 Å². The van der Waals surface area contributed by atoms with Crippen molar-refractivity contribution in [2.45, 2.75) is 38.3 Å². The second-order valence-corrected chi connectivity index (χ2v) is 4.80. The zero-order valence-electron chi connectivity index (χ0n) is 9.94. The van der Waals surface area contributed by atoms with Crippen LogP contribution in [0.1, 0.15) is 26.7 Å². The fourth-order valence-electron chi connectivity index (χ4n) is 1.76. The van der Waals surface area contributed by atoms with Gasteiger partial charge in [0.2, 0.25) is 0 Å². The third-order valence-electron chi connectivity index (χ3n) is 2.84. The lowest BCUT2D eigenvalue weighted by Gasteiger charge is -2.24.